The van der Waals surface area contributed by atoms with Gasteiger partial charge < -0.3 is 9.88 Å². The van der Waals surface area contributed by atoms with E-state index in [-0.39, 0.29) is 11.9 Å². The fourth-order valence-electron chi connectivity index (χ4n) is 2.60. The van der Waals surface area contributed by atoms with Crippen LogP contribution in [0.4, 0.5) is 0 Å². The van der Waals surface area contributed by atoms with Gasteiger partial charge in [0.05, 0.1) is 12.7 Å². The molecular weight excluding hydrogens is 274 g/mol. The van der Waals surface area contributed by atoms with Gasteiger partial charge in [-0.25, -0.2) is 4.98 Å². The third-order valence-electron chi connectivity index (χ3n) is 3.59. The van der Waals surface area contributed by atoms with Crippen molar-refractivity contribution in [1.82, 2.24) is 14.9 Å². The molecule has 0 saturated heterocycles. The lowest BCUT2D eigenvalue weighted by atomic mass is 10.0. The highest BCUT2D eigenvalue weighted by molar-refractivity contribution is 6.30. The molecule has 0 aliphatic carbocycles. The predicted molar refractivity (Wildman–Crippen MR) is 77.6 cm³/mol. The van der Waals surface area contributed by atoms with Crippen LogP contribution < -0.4 is 5.32 Å². The number of aromatic nitrogens is 2. The van der Waals surface area contributed by atoms with E-state index in [4.69, 9.17) is 11.6 Å². The van der Waals surface area contributed by atoms with Crippen LogP contribution in [-0.2, 0) is 24.2 Å². The third-order valence-corrected chi connectivity index (χ3v) is 3.83. The number of halogens is 1. The fraction of sp³-hybridized carbons (Fsp3) is 0.333. The van der Waals surface area contributed by atoms with Gasteiger partial charge >= 0.3 is 0 Å². The molecule has 0 saturated carbocycles. The predicted octanol–water partition coefficient (Wildman–Crippen LogP) is 2.21. The molecule has 104 valence electrons. The summed E-state index contributed by atoms with van der Waals surface area (Å²) in [6.45, 7) is 0.914. The monoisotopic (exact) mass is 289 g/mol. The molecular formula is C15H16ClN3O. The summed E-state index contributed by atoms with van der Waals surface area (Å²) in [6, 6.07) is 7.62. The number of rotatable bonds is 3. The molecule has 0 spiro atoms. The average molecular weight is 290 g/mol. The summed E-state index contributed by atoms with van der Waals surface area (Å²) < 4.78 is 2.14. The Bertz CT molecular complexity index is 623. The van der Waals surface area contributed by atoms with E-state index in [1.165, 1.54) is 5.69 Å². The molecule has 0 bridgehead atoms. The average Bonchev–Trinajstić information content (AvgIpc) is 2.86. The van der Waals surface area contributed by atoms with Gasteiger partial charge in [-0.1, -0.05) is 23.7 Å². The lowest BCUT2D eigenvalue weighted by molar-refractivity contribution is -0.121. The van der Waals surface area contributed by atoms with Gasteiger partial charge in [0.25, 0.3) is 0 Å². The molecule has 2 heterocycles. The van der Waals surface area contributed by atoms with Crippen LogP contribution in [0, 0.1) is 0 Å². The Balaban J connectivity index is 1.57. The number of aryl methyl sites for hydroxylation is 1. The van der Waals surface area contributed by atoms with Gasteiger partial charge in [-0.2, -0.15) is 0 Å². The van der Waals surface area contributed by atoms with Crippen LogP contribution in [0.1, 0.15) is 17.7 Å². The van der Waals surface area contributed by atoms with Gasteiger partial charge in [0.2, 0.25) is 5.91 Å². The Morgan fingerprint density at radius 1 is 1.50 bits per heavy atom. The zero-order valence-corrected chi connectivity index (χ0v) is 11.8. The second-order valence-electron chi connectivity index (χ2n) is 5.14. The van der Waals surface area contributed by atoms with E-state index in [9.17, 15) is 4.79 Å². The maximum Gasteiger partial charge on any atom is 0.224 e. The maximum absolute atomic E-state index is 12.1. The second-order valence-corrected chi connectivity index (χ2v) is 5.58. The van der Waals surface area contributed by atoms with Crippen LogP contribution in [0.5, 0.6) is 0 Å². The number of amides is 1. The van der Waals surface area contributed by atoms with Gasteiger partial charge in [-0.05, 0) is 24.1 Å². The molecule has 1 aromatic carbocycles. The van der Waals surface area contributed by atoms with Crippen molar-refractivity contribution in [1.29, 1.82) is 0 Å². The van der Waals surface area contributed by atoms with Crippen LogP contribution in [0.2, 0.25) is 5.02 Å². The number of nitrogens with one attached hydrogen (secondary N) is 1. The molecule has 1 aliphatic rings. The van der Waals surface area contributed by atoms with E-state index < -0.39 is 0 Å². The first-order valence-corrected chi connectivity index (χ1v) is 7.11. The number of hydrogen-bond donors (Lipinski definition) is 1. The second kappa shape index (κ2) is 5.67. The van der Waals surface area contributed by atoms with E-state index >= 15 is 0 Å². The molecule has 5 heteroatoms. The minimum absolute atomic E-state index is 0.0465. The summed E-state index contributed by atoms with van der Waals surface area (Å²) in [7, 11) is 0. The van der Waals surface area contributed by atoms with Gasteiger partial charge in [-0.3, -0.25) is 4.79 Å². The molecule has 4 nitrogen and oxygen atoms in total. The Labute approximate surface area is 122 Å². The summed E-state index contributed by atoms with van der Waals surface area (Å²) in [5.74, 6) is 0.0465. The standard InChI is InChI=1S/C15H16ClN3O/c16-12-3-1-2-11(6-12)7-15(20)18-13-4-5-19-10-17-9-14(19)8-13/h1-3,6,9-10,13H,4-5,7-8H2,(H,18,20). The Morgan fingerprint density at radius 3 is 3.25 bits per heavy atom. The molecule has 1 aromatic heterocycles. The molecule has 2 aromatic rings. The number of fused-ring (bicyclic) bond motifs is 1. The van der Waals surface area contributed by atoms with Crippen LogP contribution in [0.3, 0.4) is 0 Å². The normalized spacial score (nSPS) is 17.6. The largest absolute Gasteiger partial charge is 0.353 e. The SMILES string of the molecule is O=C(Cc1cccc(Cl)c1)NC1CCn2cncc2C1. The van der Waals surface area contributed by atoms with E-state index in [1.54, 1.807) is 0 Å². The molecule has 0 fully saturated rings. The van der Waals surface area contributed by atoms with Crippen LogP contribution in [0.15, 0.2) is 36.8 Å². The van der Waals surface area contributed by atoms with Crippen molar-refractivity contribution in [3.63, 3.8) is 0 Å². The summed E-state index contributed by atoms with van der Waals surface area (Å²) in [5.41, 5.74) is 2.13. The fourth-order valence-corrected chi connectivity index (χ4v) is 2.82. The van der Waals surface area contributed by atoms with Crippen molar-refractivity contribution >= 4 is 17.5 Å². The molecule has 20 heavy (non-hydrogen) atoms. The third kappa shape index (κ3) is 3.02. The van der Waals surface area contributed by atoms with Crippen molar-refractivity contribution in [2.45, 2.75) is 31.8 Å². The van der Waals surface area contributed by atoms with Gasteiger partial charge in [0.15, 0.2) is 0 Å². The first-order valence-electron chi connectivity index (χ1n) is 6.73. The molecule has 3 rings (SSSR count). The molecule has 1 aliphatic heterocycles. The zero-order valence-electron chi connectivity index (χ0n) is 11.1. The van der Waals surface area contributed by atoms with Crippen LogP contribution in [-0.4, -0.2) is 21.5 Å². The Kier molecular flexibility index (Phi) is 3.74. The number of imidazole rings is 1. The van der Waals surface area contributed by atoms with Crippen LogP contribution in [0.25, 0.3) is 0 Å². The summed E-state index contributed by atoms with van der Waals surface area (Å²) >= 11 is 5.92. The van der Waals surface area contributed by atoms with E-state index in [0.717, 1.165) is 24.9 Å². The number of benzene rings is 1. The van der Waals surface area contributed by atoms with Crippen LogP contribution >= 0.6 is 11.6 Å². The quantitative estimate of drug-likeness (QED) is 0.942. The Hall–Kier alpha value is -1.81. The lowest BCUT2D eigenvalue weighted by Crippen LogP contribution is -2.40. The van der Waals surface area contributed by atoms with E-state index in [1.807, 2.05) is 36.8 Å². The highest BCUT2D eigenvalue weighted by Gasteiger charge is 2.20. The topological polar surface area (TPSA) is 46.9 Å². The maximum atomic E-state index is 12.1. The van der Waals surface area contributed by atoms with Gasteiger partial charge in [0.1, 0.15) is 0 Å². The highest BCUT2D eigenvalue weighted by Crippen LogP contribution is 2.15. The van der Waals surface area contributed by atoms with Crippen molar-refractivity contribution < 1.29 is 4.79 Å². The molecule has 1 atom stereocenters. The number of carbonyl (C=O) groups excluding carboxylic acids is 1. The number of carbonyl (C=O) groups is 1. The zero-order chi connectivity index (χ0) is 13.9. The first kappa shape index (κ1) is 13.2. The minimum Gasteiger partial charge on any atom is -0.353 e. The number of nitrogens with zero attached hydrogens (tertiary/aromatic N) is 2. The van der Waals surface area contributed by atoms with Crippen molar-refractivity contribution in [2.75, 3.05) is 0 Å². The van der Waals surface area contributed by atoms with E-state index in [2.05, 4.69) is 14.9 Å². The Morgan fingerprint density at radius 2 is 2.40 bits per heavy atom. The van der Waals surface area contributed by atoms with Gasteiger partial charge in [0, 0.05) is 35.9 Å². The summed E-state index contributed by atoms with van der Waals surface area (Å²) in [5, 5.41) is 3.76. The minimum atomic E-state index is 0.0465. The first-order chi connectivity index (χ1) is 9.70. The molecule has 0 radical (unpaired) electrons. The van der Waals surface area contributed by atoms with Gasteiger partial charge in [-0.15, -0.1) is 0 Å². The number of hydrogen-bond acceptors (Lipinski definition) is 2. The van der Waals surface area contributed by atoms with Crippen molar-refractivity contribution in [2.24, 2.45) is 0 Å². The lowest BCUT2D eigenvalue weighted by Gasteiger charge is -2.24. The molecule has 1 amide bonds. The summed E-state index contributed by atoms with van der Waals surface area (Å²) in [6.07, 6.45) is 5.89. The highest BCUT2D eigenvalue weighted by atomic mass is 35.5. The molecule has 1 unspecified atom stereocenters. The van der Waals surface area contributed by atoms with Crippen molar-refractivity contribution in [3.8, 4) is 0 Å². The summed E-state index contributed by atoms with van der Waals surface area (Å²) in [4.78, 5) is 16.2. The van der Waals surface area contributed by atoms with Crippen molar-refractivity contribution in [3.05, 3.63) is 53.1 Å². The van der Waals surface area contributed by atoms with E-state index in [0.29, 0.717) is 11.4 Å². The smallest absolute Gasteiger partial charge is 0.224 e. The molecule has 1 N–H and O–H groups in total.